The lowest BCUT2D eigenvalue weighted by Crippen LogP contribution is -2.05. The van der Waals surface area contributed by atoms with Crippen LogP contribution in [-0.4, -0.2) is 32.9 Å². The van der Waals surface area contributed by atoms with Gasteiger partial charge in [-0.3, -0.25) is 0 Å². The van der Waals surface area contributed by atoms with Crippen LogP contribution in [0.25, 0.3) is 5.69 Å². The summed E-state index contributed by atoms with van der Waals surface area (Å²) in [6.45, 7) is 6.78. The molecular weight excluding hydrogens is 360 g/mol. The van der Waals surface area contributed by atoms with Gasteiger partial charge in [-0.2, -0.15) is 4.68 Å². The Bertz CT molecular complexity index is 957. The second-order valence-electron chi connectivity index (χ2n) is 6.63. The monoisotopic (exact) mass is 382 g/mol. The molecular formula is C20H22N4O2S. The van der Waals surface area contributed by atoms with Crippen LogP contribution < -0.4 is 9.47 Å². The smallest absolute Gasteiger partial charge is 0.214 e. The third-order valence-corrected chi connectivity index (χ3v) is 5.39. The number of hydrogen-bond donors (Lipinski definition) is 0. The summed E-state index contributed by atoms with van der Waals surface area (Å²) in [6, 6.07) is 12.3. The van der Waals surface area contributed by atoms with Gasteiger partial charge in [-0.05, 0) is 61.0 Å². The summed E-state index contributed by atoms with van der Waals surface area (Å²) in [5.74, 6) is 2.57. The van der Waals surface area contributed by atoms with Crippen LogP contribution in [0, 0.1) is 6.92 Å². The largest absolute Gasteiger partial charge is 0.494 e. The summed E-state index contributed by atoms with van der Waals surface area (Å²) in [5.41, 5.74) is 4.43. The molecule has 0 fully saturated rings. The fraction of sp³-hybridized carbons (Fsp3) is 0.350. The number of rotatable bonds is 6. The third kappa shape index (κ3) is 3.78. The third-order valence-electron chi connectivity index (χ3n) is 4.42. The molecule has 4 rings (SSSR count). The maximum Gasteiger partial charge on any atom is 0.214 e. The van der Waals surface area contributed by atoms with E-state index in [1.807, 2.05) is 19.1 Å². The van der Waals surface area contributed by atoms with Crippen molar-refractivity contribution in [1.29, 1.82) is 0 Å². The molecule has 0 saturated heterocycles. The first kappa shape index (κ1) is 17.9. The van der Waals surface area contributed by atoms with Crippen molar-refractivity contribution in [1.82, 2.24) is 20.2 Å². The van der Waals surface area contributed by atoms with E-state index in [0.29, 0.717) is 12.4 Å². The second-order valence-corrected chi connectivity index (χ2v) is 7.58. The lowest BCUT2D eigenvalue weighted by molar-refractivity contribution is 0.254. The van der Waals surface area contributed by atoms with E-state index >= 15 is 0 Å². The molecule has 0 bridgehead atoms. The van der Waals surface area contributed by atoms with Gasteiger partial charge in [0.15, 0.2) is 0 Å². The minimum atomic E-state index is 0.214. The zero-order chi connectivity index (χ0) is 18.8. The summed E-state index contributed by atoms with van der Waals surface area (Å²) < 4.78 is 13.6. The van der Waals surface area contributed by atoms with Gasteiger partial charge in [0, 0.05) is 23.3 Å². The van der Waals surface area contributed by atoms with Crippen LogP contribution in [0.3, 0.4) is 0 Å². The van der Waals surface area contributed by atoms with E-state index in [4.69, 9.17) is 9.47 Å². The van der Waals surface area contributed by atoms with Gasteiger partial charge < -0.3 is 9.47 Å². The van der Waals surface area contributed by atoms with Crippen molar-refractivity contribution in [2.75, 3.05) is 6.61 Å². The number of aromatic nitrogens is 4. The van der Waals surface area contributed by atoms with Gasteiger partial charge >= 0.3 is 0 Å². The van der Waals surface area contributed by atoms with Crippen molar-refractivity contribution >= 4 is 11.8 Å². The van der Waals surface area contributed by atoms with E-state index in [-0.39, 0.29) is 6.10 Å². The molecule has 0 N–H and O–H groups in total. The molecule has 1 aliphatic heterocycles. The van der Waals surface area contributed by atoms with Gasteiger partial charge in [0.2, 0.25) is 5.16 Å². The fourth-order valence-corrected chi connectivity index (χ4v) is 4.09. The average molecular weight is 382 g/mol. The number of thioether (sulfide) groups is 1. The normalized spacial score (nSPS) is 15.4. The minimum absolute atomic E-state index is 0.214. The van der Waals surface area contributed by atoms with Crippen LogP contribution in [0.5, 0.6) is 11.5 Å². The first-order chi connectivity index (χ1) is 13.1. The van der Waals surface area contributed by atoms with E-state index in [1.165, 1.54) is 11.1 Å². The van der Waals surface area contributed by atoms with Crippen molar-refractivity contribution < 1.29 is 9.47 Å². The molecule has 7 heteroatoms. The standard InChI is InChI=1S/C20H22N4O2S/c1-4-25-18-10-15-9-14(3)26-19(15)11-16(18)12-27-20-21-22-23-24(20)17-7-5-6-13(2)8-17/h5-8,10-11,14H,4,9,12H2,1-3H3/t14-/m0/s1. The molecule has 27 heavy (non-hydrogen) atoms. The second kappa shape index (κ2) is 7.60. The Kier molecular flexibility index (Phi) is 5.03. The molecule has 0 spiro atoms. The van der Waals surface area contributed by atoms with E-state index in [2.05, 4.69) is 53.6 Å². The zero-order valence-corrected chi connectivity index (χ0v) is 16.5. The highest BCUT2D eigenvalue weighted by Crippen LogP contribution is 2.37. The topological polar surface area (TPSA) is 62.1 Å². The number of aryl methyl sites for hydroxylation is 1. The maximum atomic E-state index is 5.91. The van der Waals surface area contributed by atoms with Crippen molar-refractivity contribution in [3.05, 3.63) is 53.1 Å². The SMILES string of the molecule is CCOc1cc2c(cc1CSc1nnnn1-c1cccc(C)c1)O[C@@H](C)C2. The van der Waals surface area contributed by atoms with Crippen molar-refractivity contribution in [2.45, 2.75) is 44.2 Å². The fourth-order valence-electron chi connectivity index (χ4n) is 3.22. The Labute approximate surface area is 162 Å². The number of hydrogen-bond acceptors (Lipinski definition) is 6. The summed E-state index contributed by atoms with van der Waals surface area (Å²) in [7, 11) is 0. The first-order valence-electron chi connectivity index (χ1n) is 9.07. The molecule has 140 valence electrons. The molecule has 1 aliphatic rings. The molecule has 1 atom stereocenters. The predicted octanol–water partition coefficient (Wildman–Crippen LogP) is 3.99. The van der Waals surface area contributed by atoms with Crippen molar-refractivity contribution in [2.24, 2.45) is 0 Å². The van der Waals surface area contributed by atoms with E-state index in [9.17, 15) is 0 Å². The van der Waals surface area contributed by atoms with Crippen molar-refractivity contribution in [3.63, 3.8) is 0 Å². The molecule has 2 aromatic carbocycles. The highest BCUT2D eigenvalue weighted by molar-refractivity contribution is 7.98. The van der Waals surface area contributed by atoms with Crippen LogP contribution in [0.4, 0.5) is 0 Å². The van der Waals surface area contributed by atoms with Crippen LogP contribution in [0.15, 0.2) is 41.6 Å². The van der Waals surface area contributed by atoms with Gasteiger partial charge in [-0.15, -0.1) is 5.10 Å². The molecule has 0 saturated carbocycles. The first-order valence-corrected chi connectivity index (χ1v) is 10.1. The van der Waals surface area contributed by atoms with E-state index in [1.54, 1.807) is 16.4 Å². The Morgan fingerprint density at radius 1 is 1.30 bits per heavy atom. The van der Waals surface area contributed by atoms with Gasteiger partial charge in [0.05, 0.1) is 12.3 Å². The summed E-state index contributed by atoms with van der Waals surface area (Å²) >= 11 is 1.59. The van der Waals surface area contributed by atoms with Crippen LogP contribution >= 0.6 is 11.8 Å². The molecule has 6 nitrogen and oxygen atoms in total. The lowest BCUT2D eigenvalue weighted by atomic mass is 10.1. The molecule has 3 aromatic rings. The number of benzene rings is 2. The molecule has 0 aliphatic carbocycles. The number of ether oxygens (including phenoxy) is 2. The molecule has 0 unspecified atom stereocenters. The highest BCUT2D eigenvalue weighted by Gasteiger charge is 2.22. The van der Waals surface area contributed by atoms with E-state index in [0.717, 1.165) is 34.3 Å². The predicted molar refractivity (Wildman–Crippen MR) is 105 cm³/mol. The van der Waals surface area contributed by atoms with Gasteiger partial charge in [0.25, 0.3) is 0 Å². The zero-order valence-electron chi connectivity index (χ0n) is 15.7. The quantitative estimate of drug-likeness (QED) is 0.601. The van der Waals surface area contributed by atoms with Gasteiger partial charge in [0.1, 0.15) is 17.6 Å². The molecule has 0 radical (unpaired) electrons. The number of nitrogens with zero attached hydrogens (tertiary/aromatic N) is 4. The summed E-state index contributed by atoms with van der Waals surface area (Å²) in [4.78, 5) is 0. The van der Waals surface area contributed by atoms with Crippen LogP contribution in [0.2, 0.25) is 0 Å². The summed E-state index contributed by atoms with van der Waals surface area (Å²) in [5, 5.41) is 12.9. The average Bonchev–Trinajstić information content (AvgIpc) is 3.25. The minimum Gasteiger partial charge on any atom is -0.494 e. The Balaban J connectivity index is 1.58. The Morgan fingerprint density at radius 3 is 3.00 bits per heavy atom. The number of fused-ring (bicyclic) bond motifs is 1. The Morgan fingerprint density at radius 2 is 2.19 bits per heavy atom. The van der Waals surface area contributed by atoms with Crippen LogP contribution in [-0.2, 0) is 12.2 Å². The van der Waals surface area contributed by atoms with Gasteiger partial charge in [-0.1, -0.05) is 23.9 Å². The number of tetrazole rings is 1. The van der Waals surface area contributed by atoms with Crippen molar-refractivity contribution in [3.8, 4) is 17.2 Å². The maximum absolute atomic E-state index is 5.91. The Hall–Kier alpha value is -2.54. The molecule has 2 heterocycles. The highest BCUT2D eigenvalue weighted by atomic mass is 32.2. The molecule has 1 aromatic heterocycles. The van der Waals surface area contributed by atoms with E-state index < -0.39 is 0 Å². The van der Waals surface area contributed by atoms with Gasteiger partial charge in [-0.25, -0.2) is 0 Å². The van der Waals surface area contributed by atoms with Crippen LogP contribution in [0.1, 0.15) is 30.5 Å². The lowest BCUT2D eigenvalue weighted by Gasteiger charge is -2.12. The molecule has 0 amide bonds. The summed E-state index contributed by atoms with van der Waals surface area (Å²) in [6.07, 6.45) is 1.14.